The number of carbonyl (C=O) groups is 2. The molecule has 0 aromatic carbocycles. The first-order valence-corrected chi connectivity index (χ1v) is 5.31. The van der Waals surface area contributed by atoms with E-state index in [9.17, 15) is 9.59 Å². The lowest BCUT2D eigenvalue weighted by Gasteiger charge is -2.02. The van der Waals surface area contributed by atoms with E-state index in [-0.39, 0.29) is 24.6 Å². The topological polar surface area (TPSA) is 56.3 Å². The Kier molecular flexibility index (Phi) is 4.92. The maximum atomic E-state index is 11.6. The van der Waals surface area contributed by atoms with Gasteiger partial charge in [-0.25, -0.2) is 0 Å². The van der Waals surface area contributed by atoms with E-state index in [1.165, 1.54) is 12.4 Å². The van der Waals surface area contributed by atoms with E-state index in [0.717, 1.165) is 0 Å². The lowest BCUT2D eigenvalue weighted by atomic mass is 10.1. The molecule has 0 atom stereocenters. The van der Waals surface area contributed by atoms with Crippen LogP contribution in [0.1, 0.15) is 30.1 Å². The SMILES string of the molecule is CCOC(=O)CCC(=O)c1cnccc1Cl. The van der Waals surface area contributed by atoms with E-state index in [0.29, 0.717) is 17.2 Å². The van der Waals surface area contributed by atoms with Crippen LogP contribution in [0.3, 0.4) is 0 Å². The number of carbonyl (C=O) groups excluding carboxylic acids is 2. The van der Waals surface area contributed by atoms with Gasteiger partial charge in [0.05, 0.1) is 23.6 Å². The maximum Gasteiger partial charge on any atom is 0.306 e. The van der Waals surface area contributed by atoms with Crippen LogP contribution in [0, 0.1) is 0 Å². The minimum absolute atomic E-state index is 0.0674. The summed E-state index contributed by atoms with van der Waals surface area (Å²) in [7, 11) is 0. The Morgan fingerprint density at radius 3 is 2.81 bits per heavy atom. The van der Waals surface area contributed by atoms with Crippen molar-refractivity contribution in [2.75, 3.05) is 6.61 Å². The highest BCUT2D eigenvalue weighted by Crippen LogP contribution is 2.16. The number of ketones is 1. The largest absolute Gasteiger partial charge is 0.466 e. The van der Waals surface area contributed by atoms with Crippen LogP contribution in [0.2, 0.25) is 5.02 Å². The number of ether oxygens (including phenoxy) is 1. The van der Waals surface area contributed by atoms with Crippen LogP contribution in [-0.4, -0.2) is 23.3 Å². The minimum atomic E-state index is -0.379. The van der Waals surface area contributed by atoms with Gasteiger partial charge >= 0.3 is 5.97 Å². The number of Topliss-reactive ketones (excluding diaryl/α,β-unsaturated/α-hetero) is 1. The van der Waals surface area contributed by atoms with Gasteiger partial charge < -0.3 is 4.74 Å². The van der Waals surface area contributed by atoms with E-state index in [2.05, 4.69) is 4.98 Å². The van der Waals surface area contributed by atoms with Crippen molar-refractivity contribution in [2.45, 2.75) is 19.8 Å². The number of rotatable bonds is 5. The van der Waals surface area contributed by atoms with Crippen molar-refractivity contribution in [3.63, 3.8) is 0 Å². The highest BCUT2D eigenvalue weighted by molar-refractivity contribution is 6.33. The minimum Gasteiger partial charge on any atom is -0.466 e. The van der Waals surface area contributed by atoms with Crippen LogP contribution in [0.5, 0.6) is 0 Å². The quantitative estimate of drug-likeness (QED) is 0.586. The van der Waals surface area contributed by atoms with Gasteiger partial charge in [0.1, 0.15) is 0 Å². The molecule has 5 heteroatoms. The first-order chi connectivity index (χ1) is 7.65. The molecule has 86 valence electrons. The molecule has 0 bridgehead atoms. The molecular formula is C11H12ClNO3. The van der Waals surface area contributed by atoms with Crippen molar-refractivity contribution in [3.05, 3.63) is 29.0 Å². The molecule has 0 radical (unpaired) electrons. The number of pyridine rings is 1. The molecule has 0 saturated carbocycles. The third kappa shape index (κ3) is 3.62. The first-order valence-electron chi connectivity index (χ1n) is 4.93. The molecule has 4 nitrogen and oxygen atoms in total. The lowest BCUT2D eigenvalue weighted by Crippen LogP contribution is -2.08. The Hall–Kier alpha value is -1.42. The van der Waals surface area contributed by atoms with Gasteiger partial charge in [0.25, 0.3) is 0 Å². The van der Waals surface area contributed by atoms with Crippen LogP contribution >= 0.6 is 11.6 Å². The van der Waals surface area contributed by atoms with Crippen LogP contribution in [0.4, 0.5) is 0 Å². The lowest BCUT2D eigenvalue weighted by molar-refractivity contribution is -0.143. The molecule has 1 heterocycles. The molecule has 0 unspecified atom stereocenters. The molecular weight excluding hydrogens is 230 g/mol. The number of hydrogen-bond donors (Lipinski definition) is 0. The summed E-state index contributed by atoms with van der Waals surface area (Å²) >= 11 is 5.82. The summed E-state index contributed by atoms with van der Waals surface area (Å²) in [5, 5.41) is 0.351. The number of hydrogen-bond acceptors (Lipinski definition) is 4. The number of halogens is 1. The molecule has 0 aliphatic carbocycles. The second kappa shape index (κ2) is 6.23. The summed E-state index contributed by atoms with van der Waals surface area (Å²) < 4.78 is 4.72. The average Bonchev–Trinajstić information content (AvgIpc) is 2.27. The summed E-state index contributed by atoms with van der Waals surface area (Å²) in [5.74, 6) is -0.581. The van der Waals surface area contributed by atoms with E-state index in [4.69, 9.17) is 16.3 Å². The average molecular weight is 242 g/mol. The van der Waals surface area contributed by atoms with Crippen molar-refractivity contribution in [3.8, 4) is 0 Å². The molecule has 0 aliphatic heterocycles. The third-order valence-electron chi connectivity index (χ3n) is 1.93. The van der Waals surface area contributed by atoms with Crippen molar-refractivity contribution >= 4 is 23.4 Å². The zero-order chi connectivity index (χ0) is 12.0. The molecule has 1 aromatic heterocycles. The molecule has 0 aliphatic rings. The second-order valence-corrected chi connectivity index (χ2v) is 3.49. The van der Waals surface area contributed by atoms with Crippen molar-refractivity contribution in [1.82, 2.24) is 4.98 Å². The molecule has 0 N–H and O–H groups in total. The van der Waals surface area contributed by atoms with E-state index in [1.807, 2.05) is 0 Å². The fourth-order valence-electron chi connectivity index (χ4n) is 1.17. The number of esters is 1. The van der Waals surface area contributed by atoms with Gasteiger partial charge in [-0.1, -0.05) is 11.6 Å². The Bertz CT molecular complexity index is 393. The van der Waals surface area contributed by atoms with Gasteiger partial charge in [0.15, 0.2) is 5.78 Å². The maximum absolute atomic E-state index is 11.6. The molecule has 16 heavy (non-hydrogen) atoms. The second-order valence-electron chi connectivity index (χ2n) is 3.08. The van der Waals surface area contributed by atoms with Crippen LogP contribution in [0.15, 0.2) is 18.5 Å². The van der Waals surface area contributed by atoms with Crippen molar-refractivity contribution < 1.29 is 14.3 Å². The summed E-state index contributed by atoms with van der Waals surface area (Å²) in [6, 6.07) is 1.54. The number of aromatic nitrogens is 1. The standard InChI is InChI=1S/C11H12ClNO3/c1-2-16-11(15)4-3-10(14)8-7-13-6-5-9(8)12/h5-7H,2-4H2,1H3. The smallest absolute Gasteiger partial charge is 0.306 e. The van der Waals surface area contributed by atoms with Gasteiger partial charge in [0.2, 0.25) is 0 Å². The molecule has 1 aromatic rings. The fraction of sp³-hybridized carbons (Fsp3) is 0.364. The predicted octanol–water partition coefficient (Wildman–Crippen LogP) is 2.26. The number of nitrogens with zero attached hydrogens (tertiary/aromatic N) is 1. The van der Waals surface area contributed by atoms with Crippen LogP contribution in [0.25, 0.3) is 0 Å². The van der Waals surface area contributed by atoms with Crippen molar-refractivity contribution in [2.24, 2.45) is 0 Å². The Labute approximate surface area is 98.6 Å². The van der Waals surface area contributed by atoms with E-state index < -0.39 is 0 Å². The van der Waals surface area contributed by atoms with E-state index in [1.54, 1.807) is 13.0 Å². The fourth-order valence-corrected chi connectivity index (χ4v) is 1.38. The highest BCUT2D eigenvalue weighted by atomic mass is 35.5. The Balaban J connectivity index is 2.54. The molecule has 0 fully saturated rings. The summed E-state index contributed by atoms with van der Waals surface area (Å²) in [4.78, 5) is 26.5. The van der Waals surface area contributed by atoms with Crippen LogP contribution < -0.4 is 0 Å². The summed E-state index contributed by atoms with van der Waals surface area (Å²) in [5.41, 5.74) is 0.341. The summed E-state index contributed by atoms with van der Waals surface area (Å²) in [6.45, 7) is 2.04. The normalized spacial score (nSPS) is 9.88. The predicted molar refractivity (Wildman–Crippen MR) is 59.4 cm³/mol. The van der Waals surface area contributed by atoms with Crippen LogP contribution in [-0.2, 0) is 9.53 Å². The monoisotopic (exact) mass is 241 g/mol. The van der Waals surface area contributed by atoms with E-state index >= 15 is 0 Å². The molecule has 0 saturated heterocycles. The zero-order valence-electron chi connectivity index (χ0n) is 8.90. The molecule has 1 rings (SSSR count). The van der Waals surface area contributed by atoms with Gasteiger partial charge in [-0.3, -0.25) is 14.6 Å². The van der Waals surface area contributed by atoms with Gasteiger partial charge in [-0.2, -0.15) is 0 Å². The van der Waals surface area contributed by atoms with Gasteiger partial charge in [-0.15, -0.1) is 0 Å². The molecule has 0 spiro atoms. The Morgan fingerprint density at radius 2 is 2.19 bits per heavy atom. The Morgan fingerprint density at radius 1 is 1.44 bits per heavy atom. The zero-order valence-corrected chi connectivity index (χ0v) is 9.66. The summed E-state index contributed by atoms with van der Waals surface area (Å²) in [6.07, 6.45) is 3.06. The van der Waals surface area contributed by atoms with Gasteiger partial charge in [0, 0.05) is 18.8 Å². The third-order valence-corrected chi connectivity index (χ3v) is 2.26. The van der Waals surface area contributed by atoms with Gasteiger partial charge in [-0.05, 0) is 13.0 Å². The van der Waals surface area contributed by atoms with Crippen molar-refractivity contribution in [1.29, 1.82) is 0 Å². The highest BCUT2D eigenvalue weighted by Gasteiger charge is 2.12. The first kappa shape index (κ1) is 12.6. The molecule has 0 amide bonds.